The highest BCUT2D eigenvalue weighted by molar-refractivity contribution is 5.30. The molecule has 1 aliphatic rings. The summed E-state index contributed by atoms with van der Waals surface area (Å²) in [6, 6.07) is 4.84. The number of methoxy groups -OCH3 is 1. The van der Waals surface area contributed by atoms with Crippen LogP contribution in [0.2, 0.25) is 0 Å². The lowest BCUT2D eigenvalue weighted by molar-refractivity contribution is 0.00565. The fraction of sp³-hybridized carbons (Fsp3) is 0.625. The lowest BCUT2D eigenvalue weighted by Crippen LogP contribution is -2.39. The van der Waals surface area contributed by atoms with Crippen molar-refractivity contribution in [1.29, 1.82) is 0 Å². The van der Waals surface area contributed by atoms with Crippen LogP contribution in [0.15, 0.2) is 18.2 Å². The first-order valence-electron chi connectivity index (χ1n) is 7.19. The van der Waals surface area contributed by atoms with Crippen LogP contribution in [0.4, 0.5) is 4.39 Å². The molecule has 0 atom stereocenters. The van der Waals surface area contributed by atoms with Gasteiger partial charge < -0.3 is 14.9 Å². The molecule has 0 radical (unpaired) electrons. The molecule has 0 spiro atoms. The third-order valence-electron chi connectivity index (χ3n) is 4.62. The smallest absolute Gasteiger partial charge is 0.165 e. The van der Waals surface area contributed by atoms with Crippen molar-refractivity contribution >= 4 is 0 Å². The second kappa shape index (κ2) is 6.55. The van der Waals surface area contributed by atoms with Gasteiger partial charge in [0.1, 0.15) is 0 Å². The lowest BCUT2D eigenvalue weighted by atomic mass is 9.71. The molecular formula is C16H23FO3. The summed E-state index contributed by atoms with van der Waals surface area (Å²) in [5, 5.41) is 19.6. The molecule has 3 nitrogen and oxygen atoms in total. The molecular weight excluding hydrogens is 259 g/mol. The minimum absolute atomic E-state index is 0.0676. The number of aliphatic hydroxyl groups excluding tert-OH is 2. The molecule has 1 aliphatic carbocycles. The Morgan fingerprint density at radius 3 is 2.40 bits per heavy atom. The molecule has 112 valence electrons. The first kappa shape index (κ1) is 15.3. The fourth-order valence-corrected chi connectivity index (χ4v) is 3.33. The highest BCUT2D eigenvalue weighted by Crippen LogP contribution is 2.42. The van der Waals surface area contributed by atoms with Crippen LogP contribution in [0.25, 0.3) is 0 Å². The quantitative estimate of drug-likeness (QED) is 0.843. The molecule has 0 bridgehead atoms. The molecule has 0 unspecified atom stereocenters. The standard InChI is InChI=1S/C16H23FO3/c1-20-15-7-6-12(8-14(15)17)9-16(10-18,11-19)13-4-2-3-5-13/h6-8,13,18-19H,2-5,9-11H2,1H3. The van der Waals surface area contributed by atoms with Crippen LogP contribution in [-0.4, -0.2) is 30.5 Å². The zero-order valence-electron chi connectivity index (χ0n) is 11.9. The van der Waals surface area contributed by atoms with Gasteiger partial charge in [-0.05, 0) is 42.9 Å². The molecule has 1 aromatic carbocycles. The predicted octanol–water partition coefficient (Wildman–Crippen LogP) is 2.54. The average Bonchev–Trinajstić information content (AvgIpc) is 3.00. The van der Waals surface area contributed by atoms with Gasteiger partial charge in [-0.25, -0.2) is 4.39 Å². The summed E-state index contributed by atoms with van der Waals surface area (Å²) in [7, 11) is 1.43. The van der Waals surface area contributed by atoms with Crippen LogP contribution in [-0.2, 0) is 6.42 Å². The summed E-state index contributed by atoms with van der Waals surface area (Å²) in [6.07, 6.45) is 4.83. The Morgan fingerprint density at radius 1 is 1.25 bits per heavy atom. The molecule has 1 fully saturated rings. The van der Waals surface area contributed by atoms with Gasteiger partial charge in [0.05, 0.1) is 20.3 Å². The van der Waals surface area contributed by atoms with Crippen molar-refractivity contribution in [3.63, 3.8) is 0 Å². The first-order chi connectivity index (χ1) is 9.65. The molecule has 2 N–H and O–H groups in total. The molecule has 1 aromatic rings. The Balaban J connectivity index is 2.21. The van der Waals surface area contributed by atoms with Crippen molar-refractivity contribution in [2.24, 2.45) is 11.3 Å². The van der Waals surface area contributed by atoms with Gasteiger partial charge in [0, 0.05) is 5.41 Å². The summed E-state index contributed by atoms with van der Waals surface area (Å²) in [5.74, 6) is 0.122. The summed E-state index contributed by atoms with van der Waals surface area (Å²) < 4.78 is 18.7. The number of benzene rings is 1. The highest BCUT2D eigenvalue weighted by Gasteiger charge is 2.39. The summed E-state index contributed by atoms with van der Waals surface area (Å²) in [5.41, 5.74) is 0.246. The van der Waals surface area contributed by atoms with Crippen molar-refractivity contribution in [1.82, 2.24) is 0 Å². The van der Waals surface area contributed by atoms with Gasteiger partial charge in [-0.1, -0.05) is 18.9 Å². The summed E-state index contributed by atoms with van der Waals surface area (Å²) in [4.78, 5) is 0. The molecule has 2 rings (SSSR count). The van der Waals surface area contributed by atoms with Crippen molar-refractivity contribution in [2.45, 2.75) is 32.1 Å². The van der Waals surface area contributed by atoms with E-state index >= 15 is 0 Å². The molecule has 0 heterocycles. The van der Waals surface area contributed by atoms with E-state index in [0.29, 0.717) is 12.3 Å². The third-order valence-corrected chi connectivity index (χ3v) is 4.62. The number of aliphatic hydroxyl groups is 2. The normalized spacial score (nSPS) is 16.6. The monoisotopic (exact) mass is 282 g/mol. The maximum atomic E-state index is 13.8. The van der Waals surface area contributed by atoms with E-state index < -0.39 is 11.2 Å². The minimum atomic E-state index is -0.544. The van der Waals surface area contributed by atoms with E-state index in [-0.39, 0.29) is 19.0 Å². The Kier molecular flexibility index (Phi) is 5.00. The first-order valence-corrected chi connectivity index (χ1v) is 7.19. The Hall–Kier alpha value is -1.13. The van der Waals surface area contributed by atoms with Crippen LogP contribution in [0.3, 0.4) is 0 Å². The van der Waals surface area contributed by atoms with Crippen LogP contribution < -0.4 is 4.74 Å². The number of halogens is 1. The second-order valence-electron chi connectivity index (χ2n) is 5.81. The van der Waals surface area contributed by atoms with Gasteiger partial charge in [-0.2, -0.15) is 0 Å². The van der Waals surface area contributed by atoms with Gasteiger partial charge in [0.2, 0.25) is 0 Å². The fourth-order valence-electron chi connectivity index (χ4n) is 3.33. The summed E-state index contributed by atoms with van der Waals surface area (Å²) >= 11 is 0. The van der Waals surface area contributed by atoms with Crippen molar-refractivity contribution in [3.05, 3.63) is 29.6 Å². The zero-order chi connectivity index (χ0) is 14.6. The molecule has 0 amide bonds. The second-order valence-corrected chi connectivity index (χ2v) is 5.81. The molecule has 1 saturated carbocycles. The van der Waals surface area contributed by atoms with Crippen molar-refractivity contribution in [2.75, 3.05) is 20.3 Å². The van der Waals surface area contributed by atoms with Crippen molar-refractivity contribution < 1.29 is 19.3 Å². The molecule has 20 heavy (non-hydrogen) atoms. The number of ether oxygens (including phenoxy) is 1. The van der Waals surface area contributed by atoms with Gasteiger partial charge >= 0.3 is 0 Å². The van der Waals surface area contributed by atoms with Gasteiger partial charge in [0.25, 0.3) is 0 Å². The Bertz CT molecular complexity index is 437. The van der Waals surface area contributed by atoms with Gasteiger partial charge in [-0.3, -0.25) is 0 Å². The number of hydrogen-bond acceptors (Lipinski definition) is 3. The van der Waals surface area contributed by atoms with E-state index in [1.807, 2.05) is 0 Å². The van der Waals surface area contributed by atoms with E-state index in [2.05, 4.69) is 0 Å². The van der Waals surface area contributed by atoms with E-state index in [1.165, 1.54) is 13.2 Å². The summed E-state index contributed by atoms with van der Waals surface area (Å²) in [6.45, 7) is -0.135. The topological polar surface area (TPSA) is 49.7 Å². The maximum absolute atomic E-state index is 13.8. The highest BCUT2D eigenvalue weighted by atomic mass is 19.1. The van der Waals surface area contributed by atoms with Crippen LogP contribution in [0.5, 0.6) is 5.75 Å². The SMILES string of the molecule is COc1ccc(CC(CO)(CO)C2CCCC2)cc1F. The van der Waals surface area contributed by atoms with Crippen LogP contribution in [0.1, 0.15) is 31.2 Å². The Morgan fingerprint density at radius 2 is 1.90 bits per heavy atom. The van der Waals surface area contributed by atoms with E-state index in [0.717, 1.165) is 31.2 Å². The zero-order valence-corrected chi connectivity index (χ0v) is 11.9. The van der Waals surface area contributed by atoms with E-state index in [9.17, 15) is 14.6 Å². The maximum Gasteiger partial charge on any atom is 0.165 e. The largest absolute Gasteiger partial charge is 0.494 e. The third kappa shape index (κ3) is 2.96. The molecule has 4 heteroatoms. The van der Waals surface area contributed by atoms with Crippen molar-refractivity contribution in [3.8, 4) is 5.75 Å². The minimum Gasteiger partial charge on any atom is -0.494 e. The molecule has 0 aliphatic heterocycles. The van der Waals surface area contributed by atoms with Crippen LogP contribution in [0, 0.1) is 17.2 Å². The number of rotatable bonds is 6. The lowest BCUT2D eigenvalue weighted by Gasteiger charge is -2.36. The Labute approximate surface area is 119 Å². The van der Waals surface area contributed by atoms with Gasteiger partial charge in [-0.15, -0.1) is 0 Å². The number of hydrogen-bond donors (Lipinski definition) is 2. The molecule has 0 aromatic heterocycles. The molecule has 0 saturated heterocycles. The average molecular weight is 282 g/mol. The van der Waals surface area contributed by atoms with Crippen LogP contribution >= 0.6 is 0 Å². The predicted molar refractivity (Wildman–Crippen MR) is 75.2 cm³/mol. The van der Waals surface area contributed by atoms with Gasteiger partial charge in [0.15, 0.2) is 11.6 Å². The van der Waals surface area contributed by atoms with E-state index in [1.54, 1.807) is 12.1 Å². The van der Waals surface area contributed by atoms with E-state index in [4.69, 9.17) is 4.74 Å².